The fourth-order valence-electron chi connectivity index (χ4n) is 1.49. The number of pyridine rings is 1. The van der Waals surface area contributed by atoms with Crippen molar-refractivity contribution >= 4 is 47.6 Å². The molecule has 0 saturated heterocycles. The molecule has 19 heavy (non-hydrogen) atoms. The molecule has 2 rings (SSSR count). The van der Waals surface area contributed by atoms with Gasteiger partial charge in [0.15, 0.2) is 0 Å². The first kappa shape index (κ1) is 14.5. The van der Waals surface area contributed by atoms with Crippen LogP contribution in [0.25, 0.3) is 0 Å². The van der Waals surface area contributed by atoms with Gasteiger partial charge in [0.2, 0.25) is 0 Å². The summed E-state index contributed by atoms with van der Waals surface area (Å²) in [5.74, 6) is 0. The normalized spacial score (nSPS) is 11.3. The Labute approximate surface area is 128 Å². The summed E-state index contributed by atoms with van der Waals surface area (Å²) in [7, 11) is -3.65. The average molecular weight is 406 g/mol. The molecule has 1 aromatic heterocycles. The minimum Gasteiger partial charge on any atom is -0.277 e. The van der Waals surface area contributed by atoms with Gasteiger partial charge in [-0.3, -0.25) is 4.72 Å². The molecular formula is C12H10Br2N2O2S. The molecule has 0 fully saturated rings. The van der Waals surface area contributed by atoms with Gasteiger partial charge in [-0.1, -0.05) is 6.07 Å². The number of sulfonamides is 1. The van der Waals surface area contributed by atoms with Crippen molar-refractivity contribution in [2.75, 3.05) is 4.72 Å². The van der Waals surface area contributed by atoms with Crippen LogP contribution in [0.2, 0.25) is 0 Å². The standard InChI is InChI=1S/C12H10Br2N2O2S/c1-8-4-5-11(9(13)7-8)19(17,18)16-10-3-2-6-15-12(10)14/h2-7,16H,1H3. The molecule has 0 amide bonds. The van der Waals surface area contributed by atoms with Gasteiger partial charge in [-0.15, -0.1) is 0 Å². The minimum absolute atomic E-state index is 0.189. The fraction of sp³-hybridized carbons (Fsp3) is 0.0833. The SMILES string of the molecule is Cc1ccc(S(=O)(=O)Nc2cccnc2Br)c(Br)c1. The topological polar surface area (TPSA) is 59.1 Å². The first-order valence-electron chi connectivity index (χ1n) is 5.29. The molecule has 1 aromatic carbocycles. The van der Waals surface area contributed by atoms with Crippen LogP contribution in [-0.4, -0.2) is 13.4 Å². The summed E-state index contributed by atoms with van der Waals surface area (Å²) in [4.78, 5) is 4.16. The van der Waals surface area contributed by atoms with Crippen LogP contribution in [0.15, 0.2) is 50.5 Å². The number of benzene rings is 1. The van der Waals surface area contributed by atoms with Crippen molar-refractivity contribution in [2.24, 2.45) is 0 Å². The third kappa shape index (κ3) is 3.34. The highest BCUT2D eigenvalue weighted by Crippen LogP contribution is 2.27. The number of halogens is 2. The van der Waals surface area contributed by atoms with Gasteiger partial charge in [0.25, 0.3) is 10.0 Å². The predicted octanol–water partition coefficient (Wildman–Crippen LogP) is 3.72. The molecule has 0 aliphatic heterocycles. The van der Waals surface area contributed by atoms with Gasteiger partial charge in [-0.05, 0) is 68.6 Å². The second-order valence-corrected chi connectivity index (χ2v) is 7.14. The van der Waals surface area contributed by atoms with E-state index in [0.29, 0.717) is 14.8 Å². The molecular weight excluding hydrogens is 396 g/mol. The van der Waals surface area contributed by atoms with Crippen molar-refractivity contribution < 1.29 is 8.42 Å². The Hall–Kier alpha value is -0.920. The van der Waals surface area contributed by atoms with Gasteiger partial charge in [0.1, 0.15) is 9.50 Å². The van der Waals surface area contributed by atoms with Crippen molar-refractivity contribution in [2.45, 2.75) is 11.8 Å². The van der Waals surface area contributed by atoms with E-state index in [0.717, 1.165) is 5.56 Å². The third-order valence-electron chi connectivity index (χ3n) is 2.38. The molecule has 1 N–H and O–H groups in total. The lowest BCUT2D eigenvalue weighted by atomic mass is 10.2. The van der Waals surface area contributed by atoms with Crippen LogP contribution in [0.4, 0.5) is 5.69 Å². The third-order valence-corrected chi connectivity index (χ3v) is 5.35. The van der Waals surface area contributed by atoms with E-state index < -0.39 is 10.0 Å². The lowest BCUT2D eigenvalue weighted by Gasteiger charge is -2.10. The zero-order valence-electron chi connectivity index (χ0n) is 9.89. The summed E-state index contributed by atoms with van der Waals surface area (Å²) in [5, 5.41) is 0. The molecule has 2 aromatic rings. The van der Waals surface area contributed by atoms with E-state index in [1.807, 2.05) is 6.92 Å². The Morgan fingerprint density at radius 1 is 1.21 bits per heavy atom. The zero-order chi connectivity index (χ0) is 14.0. The Kier molecular flexibility index (Phi) is 4.27. The highest BCUT2D eigenvalue weighted by molar-refractivity contribution is 9.10. The number of hydrogen-bond acceptors (Lipinski definition) is 3. The number of hydrogen-bond donors (Lipinski definition) is 1. The predicted molar refractivity (Wildman–Crippen MR) is 81.6 cm³/mol. The molecule has 0 atom stereocenters. The van der Waals surface area contributed by atoms with Crippen LogP contribution in [0.3, 0.4) is 0 Å². The van der Waals surface area contributed by atoms with Crippen LogP contribution in [0, 0.1) is 6.92 Å². The number of anilines is 1. The second kappa shape index (κ2) is 5.60. The van der Waals surface area contributed by atoms with Crippen molar-refractivity contribution in [1.82, 2.24) is 4.98 Å². The average Bonchev–Trinajstić information content (AvgIpc) is 2.31. The number of nitrogens with one attached hydrogen (secondary N) is 1. The lowest BCUT2D eigenvalue weighted by Crippen LogP contribution is -2.14. The van der Waals surface area contributed by atoms with Gasteiger partial charge in [-0.25, -0.2) is 13.4 Å². The molecule has 0 aliphatic carbocycles. The smallest absolute Gasteiger partial charge is 0.263 e. The Bertz CT molecular complexity index is 717. The Morgan fingerprint density at radius 2 is 1.95 bits per heavy atom. The van der Waals surface area contributed by atoms with E-state index in [-0.39, 0.29) is 4.90 Å². The number of nitrogens with zero attached hydrogens (tertiary/aromatic N) is 1. The van der Waals surface area contributed by atoms with Crippen LogP contribution in [-0.2, 0) is 10.0 Å². The first-order chi connectivity index (χ1) is 8.90. The van der Waals surface area contributed by atoms with Gasteiger partial charge in [0, 0.05) is 10.7 Å². The van der Waals surface area contributed by atoms with Gasteiger partial charge >= 0.3 is 0 Å². The number of rotatable bonds is 3. The summed E-state index contributed by atoms with van der Waals surface area (Å²) in [6.45, 7) is 1.90. The molecule has 100 valence electrons. The van der Waals surface area contributed by atoms with Gasteiger partial charge in [0.05, 0.1) is 5.69 Å². The van der Waals surface area contributed by atoms with E-state index in [4.69, 9.17) is 0 Å². The van der Waals surface area contributed by atoms with E-state index >= 15 is 0 Å². The molecule has 0 bridgehead atoms. The van der Waals surface area contributed by atoms with Gasteiger partial charge < -0.3 is 0 Å². The second-order valence-electron chi connectivity index (χ2n) is 3.88. The van der Waals surface area contributed by atoms with Crippen molar-refractivity contribution in [3.8, 4) is 0 Å². The van der Waals surface area contributed by atoms with Crippen molar-refractivity contribution in [1.29, 1.82) is 0 Å². The summed E-state index contributed by atoms with van der Waals surface area (Å²) < 4.78 is 28.1. The molecule has 0 saturated carbocycles. The highest BCUT2D eigenvalue weighted by Gasteiger charge is 2.18. The quantitative estimate of drug-likeness (QED) is 0.791. The molecule has 7 heteroatoms. The first-order valence-corrected chi connectivity index (χ1v) is 8.36. The molecule has 4 nitrogen and oxygen atoms in total. The highest BCUT2D eigenvalue weighted by atomic mass is 79.9. The van der Waals surface area contributed by atoms with Crippen LogP contribution in [0.5, 0.6) is 0 Å². The maximum absolute atomic E-state index is 12.3. The summed E-state index contributed by atoms with van der Waals surface area (Å²) >= 11 is 6.47. The van der Waals surface area contributed by atoms with Crippen molar-refractivity contribution in [3.05, 3.63) is 51.2 Å². The monoisotopic (exact) mass is 404 g/mol. The maximum Gasteiger partial charge on any atom is 0.263 e. The lowest BCUT2D eigenvalue weighted by molar-refractivity contribution is 0.600. The zero-order valence-corrected chi connectivity index (χ0v) is 13.9. The summed E-state index contributed by atoms with van der Waals surface area (Å²) in [6.07, 6.45) is 1.57. The molecule has 0 radical (unpaired) electrons. The largest absolute Gasteiger partial charge is 0.277 e. The molecule has 1 heterocycles. The maximum atomic E-state index is 12.3. The summed E-state index contributed by atoms with van der Waals surface area (Å²) in [5.41, 5.74) is 1.38. The molecule has 0 aliphatic rings. The number of aryl methyl sites for hydroxylation is 1. The molecule has 0 unspecified atom stereocenters. The van der Waals surface area contributed by atoms with Crippen molar-refractivity contribution in [3.63, 3.8) is 0 Å². The Balaban J connectivity index is 2.41. The van der Waals surface area contributed by atoms with E-state index in [2.05, 4.69) is 41.6 Å². The van der Waals surface area contributed by atoms with Gasteiger partial charge in [-0.2, -0.15) is 0 Å². The van der Waals surface area contributed by atoms with E-state index in [9.17, 15) is 8.42 Å². The Morgan fingerprint density at radius 3 is 2.58 bits per heavy atom. The summed E-state index contributed by atoms with van der Waals surface area (Å²) in [6, 6.07) is 8.36. The van der Waals surface area contributed by atoms with E-state index in [1.165, 1.54) is 0 Å². The number of aromatic nitrogens is 1. The van der Waals surface area contributed by atoms with Crippen LogP contribution in [0.1, 0.15) is 5.56 Å². The van der Waals surface area contributed by atoms with Crippen LogP contribution >= 0.6 is 31.9 Å². The van der Waals surface area contributed by atoms with E-state index in [1.54, 1.807) is 36.5 Å². The fourth-order valence-corrected chi connectivity index (χ4v) is 4.23. The molecule has 0 spiro atoms. The minimum atomic E-state index is -3.65. The van der Waals surface area contributed by atoms with Crippen LogP contribution < -0.4 is 4.72 Å².